The highest BCUT2D eigenvalue weighted by Crippen LogP contribution is 2.17. The van der Waals surface area contributed by atoms with Gasteiger partial charge < -0.3 is 20.6 Å². The maximum atomic E-state index is 13.2. The molecule has 9 nitrogen and oxygen atoms in total. The summed E-state index contributed by atoms with van der Waals surface area (Å²) in [5, 5.41) is 15.4. The van der Waals surface area contributed by atoms with Gasteiger partial charge in [-0.1, -0.05) is 13.8 Å². The standard InChI is InChI=1S/C20H31N5O4/c1-13(2)17(23-18(26)14(3)21-4)19(27)25-10-9-24(12-16(25)20(28)29)11-15-5-7-22-8-6-15/h5-8,13-14,16-17,21H,9-12H2,1-4H3,(H,23,26)(H,28,29). The van der Waals surface area contributed by atoms with Gasteiger partial charge in [-0.3, -0.25) is 19.5 Å². The van der Waals surface area contributed by atoms with E-state index in [0.29, 0.717) is 19.6 Å². The lowest BCUT2D eigenvalue weighted by molar-refractivity contribution is -0.155. The fourth-order valence-corrected chi connectivity index (χ4v) is 3.31. The van der Waals surface area contributed by atoms with Gasteiger partial charge in [0, 0.05) is 38.6 Å². The van der Waals surface area contributed by atoms with Crippen LogP contribution in [0.2, 0.25) is 0 Å². The van der Waals surface area contributed by atoms with Crippen molar-refractivity contribution in [2.75, 3.05) is 26.7 Å². The van der Waals surface area contributed by atoms with Crippen molar-refractivity contribution < 1.29 is 19.5 Å². The topological polar surface area (TPSA) is 115 Å². The van der Waals surface area contributed by atoms with Gasteiger partial charge in [-0.05, 0) is 37.6 Å². The maximum absolute atomic E-state index is 13.2. The van der Waals surface area contributed by atoms with Crippen LogP contribution in [0, 0.1) is 5.92 Å². The van der Waals surface area contributed by atoms with Crippen molar-refractivity contribution in [3.63, 3.8) is 0 Å². The molecule has 9 heteroatoms. The summed E-state index contributed by atoms with van der Waals surface area (Å²) in [7, 11) is 1.67. The first-order chi connectivity index (χ1) is 13.7. The monoisotopic (exact) mass is 405 g/mol. The molecule has 0 radical (unpaired) electrons. The van der Waals surface area contributed by atoms with Crippen molar-refractivity contribution in [2.24, 2.45) is 5.92 Å². The van der Waals surface area contributed by atoms with E-state index in [1.54, 1.807) is 26.4 Å². The fraction of sp³-hybridized carbons (Fsp3) is 0.600. The van der Waals surface area contributed by atoms with Crippen LogP contribution in [0.25, 0.3) is 0 Å². The van der Waals surface area contributed by atoms with Gasteiger partial charge in [0.25, 0.3) is 0 Å². The number of amides is 2. The van der Waals surface area contributed by atoms with Crippen LogP contribution in [0.3, 0.4) is 0 Å². The molecule has 160 valence electrons. The first-order valence-corrected chi connectivity index (χ1v) is 9.86. The number of aliphatic carboxylic acids is 1. The Labute approximate surface area is 171 Å². The summed E-state index contributed by atoms with van der Waals surface area (Å²) >= 11 is 0. The zero-order valence-corrected chi connectivity index (χ0v) is 17.5. The van der Waals surface area contributed by atoms with Crippen LogP contribution in [0.4, 0.5) is 0 Å². The lowest BCUT2D eigenvalue weighted by atomic mass is 10.00. The molecular formula is C20H31N5O4. The average Bonchev–Trinajstić information content (AvgIpc) is 2.71. The molecule has 1 saturated heterocycles. The van der Waals surface area contributed by atoms with Gasteiger partial charge in [0.15, 0.2) is 0 Å². The van der Waals surface area contributed by atoms with Crippen molar-refractivity contribution in [1.29, 1.82) is 0 Å². The third-order valence-corrected chi connectivity index (χ3v) is 5.24. The van der Waals surface area contributed by atoms with Crippen molar-refractivity contribution in [3.05, 3.63) is 30.1 Å². The quantitative estimate of drug-likeness (QED) is 0.554. The normalized spacial score (nSPS) is 19.6. The van der Waals surface area contributed by atoms with Gasteiger partial charge in [-0.25, -0.2) is 4.79 Å². The van der Waals surface area contributed by atoms with Crippen molar-refractivity contribution >= 4 is 17.8 Å². The Bertz CT molecular complexity index is 712. The van der Waals surface area contributed by atoms with Crippen molar-refractivity contribution in [2.45, 2.75) is 45.4 Å². The smallest absolute Gasteiger partial charge is 0.327 e. The Hall–Kier alpha value is -2.52. The number of carbonyl (C=O) groups is 3. The predicted molar refractivity (Wildman–Crippen MR) is 108 cm³/mol. The third-order valence-electron chi connectivity index (χ3n) is 5.24. The first kappa shape index (κ1) is 22.8. The molecule has 3 N–H and O–H groups in total. The third kappa shape index (κ3) is 5.98. The van der Waals surface area contributed by atoms with Crippen LogP contribution in [-0.2, 0) is 20.9 Å². The number of hydrogen-bond acceptors (Lipinski definition) is 6. The summed E-state index contributed by atoms with van der Waals surface area (Å²) in [4.78, 5) is 44.7. The van der Waals surface area contributed by atoms with E-state index in [4.69, 9.17) is 0 Å². The highest BCUT2D eigenvalue weighted by atomic mass is 16.4. The highest BCUT2D eigenvalue weighted by Gasteiger charge is 2.39. The Kier molecular flexibility index (Phi) is 8.10. The average molecular weight is 405 g/mol. The summed E-state index contributed by atoms with van der Waals surface area (Å²) < 4.78 is 0. The lowest BCUT2D eigenvalue weighted by Gasteiger charge is -2.41. The van der Waals surface area contributed by atoms with E-state index >= 15 is 0 Å². The molecule has 3 atom stereocenters. The molecule has 1 aromatic rings. The lowest BCUT2D eigenvalue weighted by Crippen LogP contribution is -2.63. The maximum Gasteiger partial charge on any atom is 0.327 e. The Morgan fingerprint density at radius 1 is 1.21 bits per heavy atom. The number of pyridine rings is 1. The molecular weight excluding hydrogens is 374 g/mol. The number of hydrogen-bond donors (Lipinski definition) is 3. The van der Waals surface area contributed by atoms with E-state index in [-0.39, 0.29) is 24.3 Å². The zero-order valence-electron chi connectivity index (χ0n) is 17.5. The summed E-state index contributed by atoms with van der Waals surface area (Å²) in [5.41, 5.74) is 1.04. The minimum absolute atomic E-state index is 0.167. The van der Waals surface area contributed by atoms with Crippen molar-refractivity contribution in [1.82, 2.24) is 25.4 Å². The molecule has 1 aliphatic rings. The van der Waals surface area contributed by atoms with Gasteiger partial charge in [0.2, 0.25) is 11.8 Å². The molecule has 1 fully saturated rings. The number of carbonyl (C=O) groups excluding carboxylic acids is 2. The van der Waals surface area contributed by atoms with Crippen LogP contribution < -0.4 is 10.6 Å². The summed E-state index contributed by atoms with van der Waals surface area (Å²) in [6, 6.07) is 1.60. The number of piperazine rings is 1. The van der Waals surface area contributed by atoms with Gasteiger partial charge in [0.05, 0.1) is 6.04 Å². The van der Waals surface area contributed by atoms with Gasteiger partial charge in [-0.2, -0.15) is 0 Å². The highest BCUT2D eigenvalue weighted by molar-refractivity contribution is 5.92. The van der Waals surface area contributed by atoms with E-state index in [1.165, 1.54) is 4.90 Å². The van der Waals surface area contributed by atoms with E-state index in [0.717, 1.165) is 5.56 Å². The van der Waals surface area contributed by atoms with Crippen molar-refractivity contribution in [3.8, 4) is 0 Å². The molecule has 0 bridgehead atoms. The number of rotatable bonds is 8. The Morgan fingerprint density at radius 3 is 2.41 bits per heavy atom. The molecule has 2 rings (SSSR count). The molecule has 1 aromatic heterocycles. The molecule has 0 aromatic carbocycles. The summed E-state index contributed by atoms with van der Waals surface area (Å²) in [6.07, 6.45) is 3.40. The molecule has 2 heterocycles. The van der Waals surface area contributed by atoms with Crippen LogP contribution >= 0.6 is 0 Å². The molecule has 2 amide bonds. The molecule has 0 spiro atoms. The number of carboxylic acids is 1. The number of nitrogens with one attached hydrogen (secondary N) is 2. The molecule has 3 unspecified atom stereocenters. The Balaban J connectivity index is 2.11. The molecule has 1 aliphatic heterocycles. The summed E-state index contributed by atoms with van der Waals surface area (Å²) in [6.45, 7) is 7.05. The minimum atomic E-state index is -1.05. The second kappa shape index (κ2) is 10.3. The first-order valence-electron chi connectivity index (χ1n) is 9.86. The molecule has 0 saturated carbocycles. The van der Waals surface area contributed by atoms with E-state index in [1.807, 2.05) is 30.9 Å². The number of aromatic nitrogens is 1. The SMILES string of the molecule is CNC(C)C(=O)NC(C(=O)N1CCN(Cc2ccncc2)CC1C(=O)O)C(C)C. The van der Waals surface area contributed by atoms with Gasteiger partial charge >= 0.3 is 5.97 Å². The van der Waals surface area contributed by atoms with Crippen LogP contribution in [0.5, 0.6) is 0 Å². The second-order valence-corrected chi connectivity index (χ2v) is 7.72. The van der Waals surface area contributed by atoms with E-state index in [2.05, 4.69) is 15.6 Å². The van der Waals surface area contributed by atoms with Gasteiger partial charge in [0.1, 0.15) is 12.1 Å². The number of likely N-dealkylation sites (N-methyl/N-ethyl adjacent to an activating group) is 1. The predicted octanol–water partition coefficient (Wildman–Crippen LogP) is -0.0723. The largest absolute Gasteiger partial charge is 0.480 e. The number of carboxylic acid groups (broad SMARTS) is 1. The summed E-state index contributed by atoms with van der Waals surface area (Å²) in [5.74, 6) is -1.86. The zero-order chi connectivity index (χ0) is 21.6. The number of nitrogens with zero attached hydrogens (tertiary/aromatic N) is 3. The fourth-order valence-electron chi connectivity index (χ4n) is 3.31. The van der Waals surface area contributed by atoms with Crippen LogP contribution in [0.15, 0.2) is 24.5 Å². The molecule has 29 heavy (non-hydrogen) atoms. The van der Waals surface area contributed by atoms with Gasteiger partial charge in [-0.15, -0.1) is 0 Å². The minimum Gasteiger partial charge on any atom is -0.480 e. The van der Waals surface area contributed by atoms with E-state index < -0.39 is 24.1 Å². The van der Waals surface area contributed by atoms with E-state index in [9.17, 15) is 19.5 Å². The van der Waals surface area contributed by atoms with Crippen LogP contribution in [0.1, 0.15) is 26.3 Å². The van der Waals surface area contributed by atoms with Crippen LogP contribution in [-0.4, -0.2) is 82.5 Å². The second-order valence-electron chi connectivity index (χ2n) is 7.72. The molecule has 0 aliphatic carbocycles. The Morgan fingerprint density at radius 2 is 1.86 bits per heavy atom.